The molecule has 8 heteroatoms. The van der Waals surface area contributed by atoms with Crippen molar-refractivity contribution >= 4 is 11.9 Å². The highest BCUT2D eigenvalue weighted by Crippen LogP contribution is 2.43. The van der Waals surface area contributed by atoms with Crippen LogP contribution in [0.3, 0.4) is 0 Å². The molecule has 158 valence electrons. The lowest BCUT2D eigenvalue weighted by molar-refractivity contribution is -0.149. The third-order valence-electron chi connectivity index (χ3n) is 6.36. The van der Waals surface area contributed by atoms with Gasteiger partial charge in [-0.05, 0) is 36.6 Å². The Morgan fingerprint density at radius 1 is 1.17 bits per heavy atom. The maximum absolute atomic E-state index is 12.3. The fourth-order valence-electron chi connectivity index (χ4n) is 4.58. The number of benzene rings is 1. The van der Waals surface area contributed by atoms with Crippen LogP contribution >= 0.6 is 0 Å². The van der Waals surface area contributed by atoms with Crippen molar-refractivity contribution in [2.24, 2.45) is 5.92 Å². The Morgan fingerprint density at radius 3 is 2.47 bits per heavy atom. The van der Waals surface area contributed by atoms with Crippen molar-refractivity contribution in [2.45, 2.75) is 31.3 Å². The number of esters is 1. The summed E-state index contributed by atoms with van der Waals surface area (Å²) in [6.07, 6.45) is 5.05. The zero-order valence-corrected chi connectivity index (χ0v) is 17.3. The molecule has 2 saturated heterocycles. The predicted octanol–water partition coefficient (Wildman–Crippen LogP) is 2.25. The van der Waals surface area contributed by atoms with Crippen LogP contribution in [0, 0.1) is 5.92 Å². The molecule has 2 aliphatic rings. The van der Waals surface area contributed by atoms with Crippen molar-refractivity contribution in [1.29, 1.82) is 0 Å². The summed E-state index contributed by atoms with van der Waals surface area (Å²) in [5, 5.41) is 0. The lowest BCUT2D eigenvalue weighted by Crippen LogP contribution is -2.56. The second-order valence-electron chi connectivity index (χ2n) is 7.89. The highest BCUT2D eigenvalue weighted by atomic mass is 16.5. The van der Waals surface area contributed by atoms with E-state index in [1.165, 1.54) is 12.7 Å². The van der Waals surface area contributed by atoms with Gasteiger partial charge in [0.2, 0.25) is 5.91 Å². The van der Waals surface area contributed by atoms with Gasteiger partial charge in [-0.15, -0.1) is 0 Å². The number of amides is 1. The van der Waals surface area contributed by atoms with E-state index in [0.29, 0.717) is 11.8 Å². The molecule has 0 bridgehead atoms. The molecule has 8 nitrogen and oxygen atoms in total. The average molecular weight is 410 g/mol. The molecule has 0 N–H and O–H groups in total. The first-order chi connectivity index (χ1) is 14.5. The second kappa shape index (κ2) is 8.39. The number of carbonyl (C=O) groups excluding carboxylic acids is 2. The van der Waals surface area contributed by atoms with Gasteiger partial charge in [-0.1, -0.05) is 12.1 Å². The fourth-order valence-corrected chi connectivity index (χ4v) is 4.58. The van der Waals surface area contributed by atoms with E-state index >= 15 is 0 Å². The number of methoxy groups -OCH3 is 1. The first kappa shape index (κ1) is 20.3. The zero-order valence-electron chi connectivity index (χ0n) is 17.3. The van der Waals surface area contributed by atoms with E-state index in [4.69, 9.17) is 9.47 Å². The molecule has 0 aliphatic carbocycles. The summed E-state index contributed by atoms with van der Waals surface area (Å²) < 4.78 is 10.6. The van der Waals surface area contributed by atoms with Crippen LogP contribution < -0.4 is 4.74 Å². The van der Waals surface area contributed by atoms with Gasteiger partial charge in [0.1, 0.15) is 5.75 Å². The molecule has 2 aliphatic heterocycles. The van der Waals surface area contributed by atoms with Crippen molar-refractivity contribution in [2.75, 3.05) is 27.2 Å². The van der Waals surface area contributed by atoms with Crippen molar-refractivity contribution in [3.05, 3.63) is 48.3 Å². The van der Waals surface area contributed by atoms with Crippen LogP contribution in [0.25, 0.3) is 0 Å². The SMILES string of the molecule is COC(=O)C1CC(=O)N(C)C12CCN(Cc1ccc(Oc3ncccn3)cc1)CC2. The first-order valence-electron chi connectivity index (χ1n) is 10.1. The molecule has 1 spiro atoms. The van der Waals surface area contributed by atoms with E-state index < -0.39 is 5.54 Å². The summed E-state index contributed by atoms with van der Waals surface area (Å²) in [6, 6.07) is 9.95. The minimum absolute atomic E-state index is 0.0248. The Bertz CT molecular complexity index is 895. The molecular weight excluding hydrogens is 384 g/mol. The minimum Gasteiger partial charge on any atom is -0.469 e. The second-order valence-corrected chi connectivity index (χ2v) is 7.89. The third kappa shape index (κ3) is 3.87. The number of carbonyl (C=O) groups is 2. The average Bonchev–Trinajstić information content (AvgIpc) is 3.02. The van der Waals surface area contributed by atoms with E-state index in [0.717, 1.165) is 32.5 Å². The molecule has 4 rings (SSSR count). The standard InChI is InChI=1S/C22H26N4O4/c1-25-19(27)14-18(20(28)29-2)22(25)8-12-26(13-9-22)15-16-4-6-17(7-5-16)30-21-23-10-3-11-24-21/h3-7,10-11,18H,8-9,12-15H2,1-2H3. The molecule has 0 saturated carbocycles. The Balaban J connectivity index is 1.36. The van der Waals surface area contributed by atoms with E-state index in [9.17, 15) is 9.59 Å². The number of piperidine rings is 1. The van der Waals surface area contributed by atoms with Gasteiger partial charge in [0.15, 0.2) is 0 Å². The normalized spacial score (nSPS) is 21.1. The summed E-state index contributed by atoms with van der Waals surface area (Å²) in [5.74, 6) is 0.0596. The maximum atomic E-state index is 12.3. The third-order valence-corrected chi connectivity index (χ3v) is 6.36. The topological polar surface area (TPSA) is 84.9 Å². The molecule has 1 aromatic heterocycles. The van der Waals surface area contributed by atoms with E-state index in [2.05, 4.69) is 14.9 Å². The van der Waals surface area contributed by atoms with Crippen LogP contribution in [0.5, 0.6) is 11.8 Å². The zero-order chi connectivity index (χ0) is 21.1. The number of hydrogen-bond donors (Lipinski definition) is 0. The van der Waals surface area contributed by atoms with Gasteiger partial charge < -0.3 is 14.4 Å². The quantitative estimate of drug-likeness (QED) is 0.699. The minimum atomic E-state index is -0.423. The maximum Gasteiger partial charge on any atom is 0.321 e. The van der Waals surface area contributed by atoms with Gasteiger partial charge in [-0.3, -0.25) is 14.5 Å². The van der Waals surface area contributed by atoms with Gasteiger partial charge >= 0.3 is 12.0 Å². The van der Waals surface area contributed by atoms with Crippen molar-refractivity contribution in [1.82, 2.24) is 19.8 Å². The van der Waals surface area contributed by atoms with Gasteiger partial charge in [-0.25, -0.2) is 9.97 Å². The van der Waals surface area contributed by atoms with Crippen molar-refractivity contribution < 1.29 is 19.1 Å². The van der Waals surface area contributed by atoms with Crippen LogP contribution in [-0.2, 0) is 20.9 Å². The highest BCUT2D eigenvalue weighted by Gasteiger charge is 2.55. The monoisotopic (exact) mass is 410 g/mol. The number of rotatable bonds is 5. The van der Waals surface area contributed by atoms with Gasteiger partial charge in [0.05, 0.1) is 18.6 Å². The molecule has 1 amide bonds. The van der Waals surface area contributed by atoms with Crippen molar-refractivity contribution in [3.8, 4) is 11.8 Å². The summed E-state index contributed by atoms with van der Waals surface area (Å²) >= 11 is 0. The summed E-state index contributed by atoms with van der Waals surface area (Å²) in [4.78, 5) is 36.8. The van der Waals surface area contributed by atoms with Crippen LogP contribution in [0.1, 0.15) is 24.8 Å². The first-order valence-corrected chi connectivity index (χ1v) is 10.1. The number of likely N-dealkylation sites (tertiary alicyclic amines) is 2. The van der Waals surface area contributed by atoms with Crippen LogP contribution in [0.15, 0.2) is 42.7 Å². The molecule has 30 heavy (non-hydrogen) atoms. The molecule has 1 unspecified atom stereocenters. The Kier molecular flexibility index (Phi) is 5.67. The van der Waals surface area contributed by atoms with E-state index in [-0.39, 0.29) is 24.2 Å². The fraction of sp³-hybridized carbons (Fsp3) is 0.455. The molecule has 0 radical (unpaired) electrons. The Morgan fingerprint density at radius 2 is 1.83 bits per heavy atom. The lowest BCUT2D eigenvalue weighted by atomic mass is 9.77. The van der Waals surface area contributed by atoms with Gasteiger partial charge in [0, 0.05) is 45.5 Å². The highest BCUT2D eigenvalue weighted by molar-refractivity contribution is 5.88. The summed E-state index contributed by atoms with van der Waals surface area (Å²) in [6.45, 7) is 2.45. The number of hydrogen-bond acceptors (Lipinski definition) is 7. The van der Waals surface area contributed by atoms with E-state index in [1.807, 2.05) is 31.3 Å². The van der Waals surface area contributed by atoms with Gasteiger partial charge in [-0.2, -0.15) is 0 Å². The Hall–Kier alpha value is -3.00. The molecule has 2 aromatic rings. The molecule has 1 aromatic carbocycles. The van der Waals surface area contributed by atoms with Crippen LogP contribution in [-0.4, -0.2) is 64.4 Å². The van der Waals surface area contributed by atoms with Gasteiger partial charge in [0.25, 0.3) is 0 Å². The largest absolute Gasteiger partial charge is 0.469 e. The lowest BCUT2D eigenvalue weighted by Gasteiger charge is -2.45. The van der Waals surface area contributed by atoms with Crippen molar-refractivity contribution in [3.63, 3.8) is 0 Å². The van der Waals surface area contributed by atoms with Crippen LogP contribution in [0.2, 0.25) is 0 Å². The number of aromatic nitrogens is 2. The summed E-state index contributed by atoms with van der Waals surface area (Å²) in [7, 11) is 3.21. The Labute approximate surface area is 175 Å². The number of nitrogens with zero attached hydrogens (tertiary/aromatic N) is 4. The molecule has 1 atom stereocenters. The molecule has 2 fully saturated rings. The molecular formula is C22H26N4O4. The smallest absolute Gasteiger partial charge is 0.321 e. The predicted molar refractivity (Wildman–Crippen MR) is 109 cm³/mol. The summed E-state index contributed by atoms with van der Waals surface area (Å²) in [5.41, 5.74) is 0.751. The van der Waals surface area contributed by atoms with Crippen LogP contribution in [0.4, 0.5) is 0 Å². The van der Waals surface area contributed by atoms with E-state index in [1.54, 1.807) is 23.4 Å². The number of ether oxygens (including phenoxy) is 2. The molecule has 3 heterocycles.